The maximum atomic E-state index is 12.6. The van der Waals surface area contributed by atoms with E-state index in [9.17, 15) is 4.79 Å². The zero-order valence-corrected chi connectivity index (χ0v) is 14.8. The molecule has 1 amide bonds. The molecular weight excluding hydrogens is 318 g/mol. The molecule has 0 saturated carbocycles. The van der Waals surface area contributed by atoms with E-state index in [2.05, 4.69) is 9.88 Å². The lowest BCUT2D eigenvalue weighted by atomic mass is 10.0. The Morgan fingerprint density at radius 1 is 0.960 bits per heavy atom. The van der Waals surface area contributed by atoms with Crippen molar-refractivity contribution in [3.63, 3.8) is 0 Å². The van der Waals surface area contributed by atoms with Gasteiger partial charge in [-0.2, -0.15) is 0 Å². The van der Waals surface area contributed by atoms with E-state index in [0.29, 0.717) is 18.9 Å². The Kier molecular flexibility index (Phi) is 4.90. The molecule has 1 aromatic rings. The lowest BCUT2D eigenvalue weighted by Crippen LogP contribution is -2.45. The molecule has 3 fully saturated rings. The zero-order valence-electron chi connectivity index (χ0n) is 14.8. The number of carbonyl (C=O) groups is 1. The van der Waals surface area contributed by atoms with Crippen molar-refractivity contribution >= 4 is 11.6 Å². The van der Waals surface area contributed by atoms with Gasteiger partial charge in [0, 0.05) is 39.0 Å². The first kappa shape index (κ1) is 16.8. The Morgan fingerprint density at radius 3 is 2.24 bits per heavy atom. The minimum absolute atomic E-state index is 0.0683. The maximum absolute atomic E-state index is 12.6. The van der Waals surface area contributed by atoms with Crippen molar-refractivity contribution in [2.45, 2.75) is 44.3 Å². The van der Waals surface area contributed by atoms with Crippen molar-refractivity contribution in [3.05, 3.63) is 24.0 Å². The Hall–Kier alpha value is -1.66. The quantitative estimate of drug-likeness (QED) is 0.824. The molecule has 0 aliphatic carbocycles. The summed E-state index contributed by atoms with van der Waals surface area (Å²) in [5.41, 5.74) is 1.63. The highest BCUT2D eigenvalue weighted by Gasteiger charge is 2.39. The van der Waals surface area contributed by atoms with Crippen molar-refractivity contribution < 1.29 is 14.3 Å². The maximum Gasteiger partial charge on any atom is 0.272 e. The molecule has 1 spiro atoms. The van der Waals surface area contributed by atoms with Gasteiger partial charge in [0.1, 0.15) is 5.69 Å². The first-order valence-electron chi connectivity index (χ1n) is 9.54. The molecule has 0 aromatic carbocycles. The molecule has 4 rings (SSSR count). The normalized spacial score (nSPS) is 23.7. The van der Waals surface area contributed by atoms with Crippen LogP contribution in [0.4, 0.5) is 5.69 Å². The van der Waals surface area contributed by atoms with E-state index >= 15 is 0 Å². The minimum atomic E-state index is -0.355. The minimum Gasteiger partial charge on any atom is -0.370 e. The summed E-state index contributed by atoms with van der Waals surface area (Å²) < 4.78 is 11.6. The van der Waals surface area contributed by atoms with E-state index in [1.807, 2.05) is 23.2 Å². The molecule has 0 bridgehead atoms. The molecule has 0 unspecified atom stereocenters. The predicted molar refractivity (Wildman–Crippen MR) is 94.7 cm³/mol. The fourth-order valence-corrected chi connectivity index (χ4v) is 4.03. The van der Waals surface area contributed by atoms with Gasteiger partial charge in [-0.1, -0.05) is 12.8 Å². The molecule has 0 radical (unpaired) electrons. The molecule has 136 valence electrons. The SMILES string of the molecule is O=C(c1ccc(N2CCC3(CC2)OCCO3)cn1)N1CCCCCC1. The highest BCUT2D eigenvalue weighted by Crippen LogP contribution is 2.33. The summed E-state index contributed by atoms with van der Waals surface area (Å²) in [6.07, 6.45) is 8.23. The van der Waals surface area contributed by atoms with Crippen LogP contribution in [-0.2, 0) is 9.47 Å². The van der Waals surface area contributed by atoms with Gasteiger partial charge in [0.2, 0.25) is 0 Å². The number of amides is 1. The molecule has 6 heteroatoms. The van der Waals surface area contributed by atoms with Gasteiger partial charge in [-0.3, -0.25) is 4.79 Å². The number of carbonyl (C=O) groups excluding carboxylic acids is 1. The number of piperidine rings is 1. The lowest BCUT2D eigenvalue weighted by molar-refractivity contribution is -0.169. The number of hydrogen-bond acceptors (Lipinski definition) is 5. The van der Waals surface area contributed by atoms with E-state index in [1.165, 1.54) is 12.8 Å². The van der Waals surface area contributed by atoms with Crippen LogP contribution in [0.1, 0.15) is 49.0 Å². The van der Waals surface area contributed by atoms with Crippen LogP contribution < -0.4 is 4.90 Å². The second-order valence-corrected chi connectivity index (χ2v) is 7.20. The summed E-state index contributed by atoms with van der Waals surface area (Å²) in [4.78, 5) is 21.3. The fourth-order valence-electron chi connectivity index (χ4n) is 4.03. The van der Waals surface area contributed by atoms with Crippen molar-refractivity contribution in [1.82, 2.24) is 9.88 Å². The number of ether oxygens (including phenoxy) is 2. The third kappa shape index (κ3) is 3.65. The molecular formula is C19H27N3O3. The number of nitrogens with zero attached hydrogens (tertiary/aromatic N) is 3. The van der Waals surface area contributed by atoms with Crippen molar-refractivity contribution in [3.8, 4) is 0 Å². The van der Waals surface area contributed by atoms with Gasteiger partial charge in [-0.25, -0.2) is 4.98 Å². The smallest absolute Gasteiger partial charge is 0.272 e. The Balaban J connectivity index is 1.37. The van der Waals surface area contributed by atoms with Gasteiger partial charge in [0.15, 0.2) is 5.79 Å². The fraction of sp³-hybridized carbons (Fsp3) is 0.684. The van der Waals surface area contributed by atoms with Gasteiger partial charge in [-0.15, -0.1) is 0 Å². The van der Waals surface area contributed by atoms with Crippen molar-refractivity contribution in [1.29, 1.82) is 0 Å². The molecule has 3 saturated heterocycles. The summed E-state index contributed by atoms with van der Waals surface area (Å²) in [6, 6.07) is 3.89. The zero-order chi connectivity index (χ0) is 17.1. The second-order valence-electron chi connectivity index (χ2n) is 7.20. The third-order valence-electron chi connectivity index (χ3n) is 5.56. The van der Waals surface area contributed by atoms with Crippen LogP contribution in [0.25, 0.3) is 0 Å². The molecule has 3 aliphatic heterocycles. The van der Waals surface area contributed by atoms with Crippen LogP contribution in [0.2, 0.25) is 0 Å². The average Bonchev–Trinajstić information content (AvgIpc) is 2.94. The van der Waals surface area contributed by atoms with E-state index in [4.69, 9.17) is 9.47 Å². The second kappa shape index (κ2) is 7.30. The van der Waals surface area contributed by atoms with Crippen LogP contribution in [0.15, 0.2) is 18.3 Å². The van der Waals surface area contributed by atoms with Gasteiger partial charge in [0.25, 0.3) is 5.91 Å². The summed E-state index contributed by atoms with van der Waals surface area (Å²) in [7, 11) is 0. The number of pyridine rings is 1. The first-order valence-corrected chi connectivity index (χ1v) is 9.54. The predicted octanol–water partition coefficient (Wildman–Crippen LogP) is 2.44. The molecule has 3 aliphatic rings. The van der Waals surface area contributed by atoms with Crippen LogP contribution >= 0.6 is 0 Å². The number of rotatable bonds is 2. The Bertz CT molecular complexity index is 580. The topological polar surface area (TPSA) is 54.9 Å². The Labute approximate surface area is 149 Å². The molecule has 4 heterocycles. The average molecular weight is 345 g/mol. The molecule has 1 aromatic heterocycles. The van der Waals surface area contributed by atoms with E-state index in [-0.39, 0.29) is 11.7 Å². The highest BCUT2D eigenvalue weighted by molar-refractivity contribution is 5.92. The summed E-state index contributed by atoms with van der Waals surface area (Å²) in [6.45, 7) is 4.90. The van der Waals surface area contributed by atoms with E-state index in [1.54, 1.807) is 0 Å². The van der Waals surface area contributed by atoms with Crippen molar-refractivity contribution in [2.24, 2.45) is 0 Å². The van der Waals surface area contributed by atoms with Crippen LogP contribution in [0.5, 0.6) is 0 Å². The number of anilines is 1. The van der Waals surface area contributed by atoms with Crippen LogP contribution in [0.3, 0.4) is 0 Å². The number of likely N-dealkylation sites (tertiary alicyclic amines) is 1. The molecule has 6 nitrogen and oxygen atoms in total. The number of hydrogen-bond donors (Lipinski definition) is 0. The molecule has 25 heavy (non-hydrogen) atoms. The highest BCUT2D eigenvalue weighted by atomic mass is 16.7. The third-order valence-corrected chi connectivity index (χ3v) is 5.56. The monoisotopic (exact) mass is 345 g/mol. The van der Waals surface area contributed by atoms with Gasteiger partial charge in [-0.05, 0) is 25.0 Å². The summed E-state index contributed by atoms with van der Waals surface area (Å²) in [5.74, 6) is -0.286. The van der Waals surface area contributed by atoms with Crippen LogP contribution in [-0.4, -0.2) is 61.0 Å². The van der Waals surface area contributed by atoms with Crippen molar-refractivity contribution in [2.75, 3.05) is 44.3 Å². The number of aromatic nitrogens is 1. The van der Waals surface area contributed by atoms with Gasteiger partial charge in [0.05, 0.1) is 25.1 Å². The van der Waals surface area contributed by atoms with Gasteiger partial charge >= 0.3 is 0 Å². The summed E-state index contributed by atoms with van der Waals surface area (Å²) in [5, 5.41) is 0. The van der Waals surface area contributed by atoms with Gasteiger partial charge < -0.3 is 19.3 Å². The largest absolute Gasteiger partial charge is 0.370 e. The first-order chi connectivity index (χ1) is 12.3. The molecule has 0 N–H and O–H groups in total. The summed E-state index contributed by atoms with van der Waals surface area (Å²) >= 11 is 0. The van der Waals surface area contributed by atoms with E-state index < -0.39 is 0 Å². The lowest BCUT2D eigenvalue weighted by Gasteiger charge is -2.38. The molecule has 0 atom stereocenters. The Morgan fingerprint density at radius 2 is 1.64 bits per heavy atom. The van der Waals surface area contributed by atoms with Crippen LogP contribution in [0, 0.1) is 0 Å². The van der Waals surface area contributed by atoms with E-state index in [0.717, 1.165) is 57.5 Å². The standard InChI is InChI=1S/C19H27N3O3/c23-18(22-9-3-1-2-4-10-22)17-6-5-16(15-20-17)21-11-7-19(8-12-21)24-13-14-25-19/h5-6,15H,1-4,7-14H2.